The van der Waals surface area contributed by atoms with Crippen molar-refractivity contribution in [1.29, 1.82) is 0 Å². The van der Waals surface area contributed by atoms with Gasteiger partial charge in [0.1, 0.15) is 43.2 Å². The summed E-state index contributed by atoms with van der Waals surface area (Å²) in [4.78, 5) is 47.4. The summed E-state index contributed by atoms with van der Waals surface area (Å²) in [5.74, 6) is -1.08. The van der Waals surface area contributed by atoms with E-state index in [1.165, 1.54) is 19.3 Å². The number of hydrogen-bond acceptors (Lipinski definition) is 13. The molecule has 0 saturated heterocycles. The highest BCUT2D eigenvalue weighted by Gasteiger charge is 2.51. The molecule has 344 valence electrons. The smallest absolute Gasteiger partial charge is 0.462 e. The molecule has 0 spiro atoms. The molecule has 0 aromatic rings. The van der Waals surface area contributed by atoms with Crippen molar-refractivity contribution in [2.24, 2.45) is 0 Å². The lowest BCUT2D eigenvalue weighted by Gasteiger charge is -2.41. The normalized spacial score (nSPS) is 22.7. The van der Waals surface area contributed by atoms with E-state index < -0.39 is 75.7 Å². The van der Waals surface area contributed by atoms with Crippen LogP contribution in [-0.4, -0.2) is 104 Å². The number of allylic oxidation sites excluding steroid dienone is 10. The second kappa shape index (κ2) is 34.8. The molecule has 1 fully saturated rings. The summed E-state index contributed by atoms with van der Waals surface area (Å²) in [7, 11) is -5.15. The zero-order valence-corrected chi connectivity index (χ0v) is 36.9. The van der Waals surface area contributed by atoms with Crippen LogP contribution in [0.3, 0.4) is 0 Å². The summed E-state index contributed by atoms with van der Waals surface area (Å²) in [6.45, 7) is 3.03. The molecule has 0 aromatic heterocycles. The Bertz CT molecular complexity index is 1340. The third kappa shape index (κ3) is 27.2. The van der Waals surface area contributed by atoms with Crippen molar-refractivity contribution in [3.05, 3.63) is 60.8 Å². The molecule has 0 aromatic carbocycles. The Kier molecular flexibility index (Phi) is 32.0. The van der Waals surface area contributed by atoms with Gasteiger partial charge in [0, 0.05) is 19.3 Å². The van der Waals surface area contributed by atoms with Crippen molar-refractivity contribution in [3.8, 4) is 0 Å². The minimum atomic E-state index is -5.15. The number of rotatable bonds is 35. The Balaban J connectivity index is 2.55. The molecule has 0 amide bonds. The van der Waals surface area contributed by atoms with E-state index in [9.17, 15) is 49.4 Å². The minimum Gasteiger partial charge on any atom is -0.462 e. The second-order valence-corrected chi connectivity index (χ2v) is 16.6. The Morgan fingerprint density at radius 3 is 1.70 bits per heavy atom. The lowest BCUT2D eigenvalue weighted by atomic mass is 9.85. The zero-order valence-electron chi connectivity index (χ0n) is 36.0. The molecule has 3 unspecified atom stereocenters. The van der Waals surface area contributed by atoms with Crippen LogP contribution in [0.5, 0.6) is 0 Å². The molecule has 0 heterocycles. The van der Waals surface area contributed by atoms with Crippen molar-refractivity contribution < 1.29 is 67.9 Å². The number of ketones is 1. The SMILES string of the molecule is CCCCC/C=C\C/C=C\C/C=C\CCCCC(=O)OC[C@H](COP(=O)(O)OC1[C@H](O)[C@H](O)C(O)[C@H](O)[C@H]1O)OC(=O)CCCCCCC/C=C\C=C\C(=O)CCCCC. The van der Waals surface area contributed by atoms with Gasteiger partial charge in [-0.25, -0.2) is 4.57 Å². The van der Waals surface area contributed by atoms with Gasteiger partial charge in [-0.05, 0) is 76.7 Å². The van der Waals surface area contributed by atoms with Gasteiger partial charge < -0.3 is 39.9 Å². The van der Waals surface area contributed by atoms with Crippen LogP contribution in [0.1, 0.15) is 149 Å². The standard InChI is InChI=1S/C45H75O14P/c1-3-5-7-8-9-10-11-12-13-14-15-18-21-24-28-32-38(47)56-34-37(35-57-60(54,55)59-45-43(52)41(50)40(49)42(51)44(45)53)58-39(48)33-29-25-22-19-16-17-20-23-27-31-36(46)30-26-6-4-2/h9-10,12-13,15,18,20,23,27,31,37,40-45,49-53H,3-8,11,14,16-17,19,21-22,24-26,28-30,32-35H2,1-2H3,(H,54,55)/b10-9-,13-12-,18-15-,23-20-,31-27+/t37-,40?,41-,42+,43-,44-,45?/m1/s1. The summed E-state index contributed by atoms with van der Waals surface area (Å²) >= 11 is 0. The van der Waals surface area contributed by atoms with Crippen molar-refractivity contribution in [3.63, 3.8) is 0 Å². The van der Waals surface area contributed by atoms with E-state index in [0.717, 1.165) is 83.5 Å². The topological polar surface area (TPSA) is 227 Å². The average molecular weight is 871 g/mol. The number of aliphatic hydroxyl groups is 5. The fourth-order valence-corrected chi connectivity index (χ4v) is 7.13. The van der Waals surface area contributed by atoms with Gasteiger partial charge in [0.25, 0.3) is 0 Å². The van der Waals surface area contributed by atoms with E-state index in [1.807, 2.05) is 12.2 Å². The third-order valence-corrected chi connectivity index (χ3v) is 10.8. The number of aliphatic hydroxyl groups excluding tert-OH is 5. The number of carbonyl (C=O) groups excluding carboxylic acids is 3. The Morgan fingerprint density at radius 1 is 0.567 bits per heavy atom. The largest absolute Gasteiger partial charge is 0.472 e. The summed E-state index contributed by atoms with van der Waals surface area (Å²) in [5.41, 5.74) is 0. The molecule has 6 N–H and O–H groups in total. The quantitative estimate of drug-likeness (QED) is 0.00915. The number of carbonyl (C=O) groups is 3. The first-order valence-electron chi connectivity index (χ1n) is 22.0. The van der Waals surface area contributed by atoms with E-state index in [4.69, 9.17) is 18.5 Å². The van der Waals surface area contributed by atoms with Crippen molar-refractivity contribution in [1.82, 2.24) is 0 Å². The number of phosphoric ester groups is 1. The highest BCUT2D eigenvalue weighted by Crippen LogP contribution is 2.47. The molecule has 0 radical (unpaired) electrons. The molecular formula is C45H75O14P. The highest BCUT2D eigenvalue weighted by atomic mass is 31.2. The first-order valence-corrected chi connectivity index (χ1v) is 23.5. The van der Waals surface area contributed by atoms with E-state index in [0.29, 0.717) is 19.3 Å². The van der Waals surface area contributed by atoms with Crippen LogP contribution in [-0.2, 0) is 37.5 Å². The number of phosphoric acid groups is 1. The molecule has 15 heteroatoms. The Morgan fingerprint density at radius 2 is 1.05 bits per heavy atom. The third-order valence-electron chi connectivity index (χ3n) is 9.81. The van der Waals surface area contributed by atoms with Crippen molar-refractivity contribution >= 4 is 25.5 Å². The lowest BCUT2D eigenvalue weighted by molar-refractivity contribution is -0.220. The Labute approximate surface area is 358 Å². The molecule has 1 aliphatic carbocycles. The van der Waals surface area contributed by atoms with E-state index in [-0.39, 0.29) is 18.6 Å². The van der Waals surface area contributed by atoms with Gasteiger partial charge in [-0.2, -0.15) is 0 Å². The van der Waals surface area contributed by atoms with Crippen LogP contribution in [0.15, 0.2) is 60.8 Å². The summed E-state index contributed by atoms with van der Waals surface area (Å²) < 4.78 is 33.4. The molecule has 14 nitrogen and oxygen atoms in total. The van der Waals surface area contributed by atoms with Crippen LogP contribution in [0, 0.1) is 0 Å². The van der Waals surface area contributed by atoms with Gasteiger partial charge in [0.15, 0.2) is 11.9 Å². The predicted molar refractivity (Wildman–Crippen MR) is 231 cm³/mol. The molecule has 1 aliphatic rings. The summed E-state index contributed by atoms with van der Waals surface area (Å²) in [6.07, 6.45) is 24.0. The summed E-state index contributed by atoms with van der Waals surface area (Å²) in [5, 5.41) is 50.1. The fraction of sp³-hybridized carbons (Fsp3) is 0.711. The molecule has 0 aliphatic heterocycles. The van der Waals surface area contributed by atoms with E-state index in [1.54, 1.807) is 12.2 Å². The first kappa shape index (κ1) is 55.2. The van der Waals surface area contributed by atoms with E-state index >= 15 is 0 Å². The maximum absolute atomic E-state index is 12.8. The zero-order chi connectivity index (χ0) is 44.4. The van der Waals surface area contributed by atoms with Gasteiger partial charge in [-0.3, -0.25) is 23.4 Å². The molecule has 60 heavy (non-hydrogen) atoms. The van der Waals surface area contributed by atoms with E-state index in [2.05, 4.69) is 50.3 Å². The molecular weight excluding hydrogens is 795 g/mol. The average Bonchev–Trinajstić information content (AvgIpc) is 3.22. The molecule has 0 bridgehead atoms. The molecule has 8 atom stereocenters. The number of hydrogen-bond donors (Lipinski definition) is 6. The van der Waals surface area contributed by atoms with Gasteiger partial charge in [0.2, 0.25) is 0 Å². The molecule has 1 rings (SSSR count). The number of ether oxygens (including phenoxy) is 2. The van der Waals surface area contributed by atoms with Crippen LogP contribution < -0.4 is 0 Å². The van der Waals surface area contributed by atoms with Crippen LogP contribution >= 0.6 is 7.82 Å². The van der Waals surface area contributed by atoms with Crippen LogP contribution in [0.25, 0.3) is 0 Å². The van der Waals surface area contributed by atoms with Crippen molar-refractivity contribution in [2.45, 2.75) is 191 Å². The maximum Gasteiger partial charge on any atom is 0.472 e. The van der Waals surface area contributed by atoms with Gasteiger partial charge >= 0.3 is 19.8 Å². The van der Waals surface area contributed by atoms with Gasteiger partial charge in [0.05, 0.1) is 6.61 Å². The summed E-state index contributed by atoms with van der Waals surface area (Å²) in [6, 6.07) is 0. The van der Waals surface area contributed by atoms with Crippen LogP contribution in [0.4, 0.5) is 0 Å². The van der Waals surface area contributed by atoms with Crippen LogP contribution in [0.2, 0.25) is 0 Å². The highest BCUT2D eigenvalue weighted by molar-refractivity contribution is 7.47. The minimum absolute atomic E-state index is 0.0345. The maximum atomic E-state index is 12.8. The monoisotopic (exact) mass is 870 g/mol. The Hall–Kier alpha value is -2.78. The first-order chi connectivity index (χ1) is 28.8. The molecule has 1 saturated carbocycles. The van der Waals surface area contributed by atoms with Gasteiger partial charge in [-0.1, -0.05) is 113 Å². The predicted octanol–water partition coefficient (Wildman–Crippen LogP) is 7.34. The van der Waals surface area contributed by atoms with Gasteiger partial charge in [-0.15, -0.1) is 0 Å². The number of unbranched alkanes of at least 4 members (excludes halogenated alkanes) is 12. The number of esters is 2. The second-order valence-electron chi connectivity index (χ2n) is 15.2. The van der Waals surface area contributed by atoms with Crippen molar-refractivity contribution in [2.75, 3.05) is 13.2 Å². The lowest BCUT2D eigenvalue weighted by Crippen LogP contribution is -2.64. The fourth-order valence-electron chi connectivity index (χ4n) is 6.16.